The summed E-state index contributed by atoms with van der Waals surface area (Å²) in [4.78, 5) is 37.5. The zero-order chi connectivity index (χ0) is 18.8. The molecule has 7 heteroatoms. The number of ether oxygens (including phenoxy) is 1. The fraction of sp³-hybridized carbons (Fsp3) is 0.278. The highest BCUT2D eigenvalue weighted by Crippen LogP contribution is 2.14. The van der Waals surface area contributed by atoms with Crippen molar-refractivity contribution in [2.24, 2.45) is 0 Å². The molecule has 0 heterocycles. The number of amides is 2. The maximum absolute atomic E-state index is 12.1. The summed E-state index contributed by atoms with van der Waals surface area (Å²) < 4.78 is 4.96. The van der Waals surface area contributed by atoms with E-state index in [1.54, 1.807) is 36.4 Å². The maximum Gasteiger partial charge on any atom is 0.328 e. The molecule has 0 bridgehead atoms. The Morgan fingerprint density at radius 3 is 2.40 bits per heavy atom. The third-order valence-electron chi connectivity index (χ3n) is 3.21. The minimum atomic E-state index is -0.927. The number of hydrogen-bond acceptors (Lipinski definition) is 4. The summed E-state index contributed by atoms with van der Waals surface area (Å²) in [5, 5.41) is 2.76. The molecule has 0 saturated heterocycles. The van der Waals surface area contributed by atoms with E-state index in [1.165, 1.54) is 11.8 Å². The van der Waals surface area contributed by atoms with Gasteiger partial charge in [-0.05, 0) is 19.1 Å². The molecule has 0 aliphatic heterocycles. The van der Waals surface area contributed by atoms with Crippen LogP contribution < -0.4 is 5.32 Å². The van der Waals surface area contributed by atoms with Crippen molar-refractivity contribution in [1.82, 2.24) is 10.2 Å². The molecule has 0 spiro atoms. The third-order valence-corrected chi connectivity index (χ3v) is 3.54. The molecule has 0 unspecified atom stereocenters. The lowest BCUT2D eigenvalue weighted by Gasteiger charge is -2.20. The fourth-order valence-electron chi connectivity index (χ4n) is 1.92. The minimum absolute atomic E-state index is 0.253. The molecule has 6 nitrogen and oxygen atoms in total. The van der Waals surface area contributed by atoms with Crippen LogP contribution in [-0.4, -0.2) is 48.4 Å². The Morgan fingerprint density at radius 2 is 1.84 bits per heavy atom. The standard InChI is InChI=1S/C18H21ClN2O4/c1-4-10-21(11-5-2)16(22)12-25-18(24)13(3)20-17(23)14-8-6-7-9-15(14)19/h4-9,13H,1-2,10-12H2,3H3,(H,20,23)/t13-/m1/s1. The molecule has 25 heavy (non-hydrogen) atoms. The summed E-state index contributed by atoms with van der Waals surface area (Å²) >= 11 is 5.94. The van der Waals surface area contributed by atoms with Crippen LogP contribution in [0.15, 0.2) is 49.6 Å². The molecule has 0 aliphatic rings. The molecule has 134 valence electrons. The average molecular weight is 365 g/mol. The van der Waals surface area contributed by atoms with Crippen LogP contribution in [0.1, 0.15) is 17.3 Å². The van der Waals surface area contributed by atoms with Gasteiger partial charge in [-0.1, -0.05) is 35.9 Å². The molecule has 1 atom stereocenters. The van der Waals surface area contributed by atoms with Crippen LogP contribution in [0.4, 0.5) is 0 Å². The van der Waals surface area contributed by atoms with Crippen LogP contribution in [0, 0.1) is 0 Å². The Hall–Kier alpha value is -2.60. The highest BCUT2D eigenvalue weighted by molar-refractivity contribution is 6.33. The van der Waals surface area contributed by atoms with Crippen LogP contribution in [0.3, 0.4) is 0 Å². The number of nitrogens with zero attached hydrogens (tertiary/aromatic N) is 1. The number of nitrogens with one attached hydrogen (secondary N) is 1. The molecule has 0 radical (unpaired) electrons. The van der Waals surface area contributed by atoms with E-state index in [9.17, 15) is 14.4 Å². The van der Waals surface area contributed by atoms with Gasteiger partial charge in [0.05, 0.1) is 10.6 Å². The summed E-state index contributed by atoms with van der Waals surface area (Å²) in [6.45, 7) is 8.81. The first-order valence-corrected chi connectivity index (χ1v) is 8.00. The van der Waals surface area contributed by atoms with Crippen molar-refractivity contribution in [3.05, 3.63) is 60.2 Å². The number of carbonyl (C=O) groups excluding carboxylic acids is 3. The van der Waals surface area contributed by atoms with Crippen LogP contribution in [0.5, 0.6) is 0 Å². The van der Waals surface area contributed by atoms with Crippen molar-refractivity contribution in [3.63, 3.8) is 0 Å². The van der Waals surface area contributed by atoms with E-state index in [4.69, 9.17) is 16.3 Å². The highest BCUT2D eigenvalue weighted by Gasteiger charge is 2.21. The van der Waals surface area contributed by atoms with E-state index < -0.39 is 24.5 Å². The number of benzene rings is 1. The smallest absolute Gasteiger partial charge is 0.328 e. The molecule has 0 aromatic heterocycles. The summed E-state index contributed by atoms with van der Waals surface area (Å²) in [6.07, 6.45) is 3.13. The summed E-state index contributed by atoms with van der Waals surface area (Å²) in [5.41, 5.74) is 0.253. The van der Waals surface area contributed by atoms with Crippen LogP contribution >= 0.6 is 11.6 Å². The predicted octanol–water partition coefficient (Wildman–Crippen LogP) is 2.20. The summed E-state index contributed by atoms with van der Waals surface area (Å²) in [5.74, 6) is -1.59. The van der Waals surface area contributed by atoms with Gasteiger partial charge in [-0.3, -0.25) is 9.59 Å². The molecule has 1 aromatic rings. The van der Waals surface area contributed by atoms with Crippen molar-refractivity contribution in [2.45, 2.75) is 13.0 Å². The molecular weight excluding hydrogens is 344 g/mol. The second kappa shape index (κ2) is 10.3. The lowest BCUT2D eigenvalue weighted by Crippen LogP contribution is -2.41. The van der Waals surface area contributed by atoms with Crippen molar-refractivity contribution in [1.29, 1.82) is 0 Å². The Balaban J connectivity index is 2.55. The van der Waals surface area contributed by atoms with Gasteiger partial charge in [0, 0.05) is 13.1 Å². The van der Waals surface area contributed by atoms with Gasteiger partial charge in [-0.15, -0.1) is 13.2 Å². The Kier molecular flexibility index (Phi) is 8.43. The normalized spacial score (nSPS) is 11.1. The molecule has 1 rings (SSSR count). The zero-order valence-electron chi connectivity index (χ0n) is 14.0. The van der Waals surface area contributed by atoms with Gasteiger partial charge in [0.15, 0.2) is 6.61 Å². The van der Waals surface area contributed by atoms with Crippen molar-refractivity contribution >= 4 is 29.4 Å². The van der Waals surface area contributed by atoms with Gasteiger partial charge < -0.3 is 15.0 Å². The minimum Gasteiger partial charge on any atom is -0.454 e. The topological polar surface area (TPSA) is 75.7 Å². The highest BCUT2D eigenvalue weighted by atomic mass is 35.5. The van der Waals surface area contributed by atoms with Gasteiger partial charge in [0.2, 0.25) is 0 Å². The monoisotopic (exact) mass is 364 g/mol. The zero-order valence-corrected chi connectivity index (χ0v) is 14.8. The lowest BCUT2D eigenvalue weighted by molar-refractivity contribution is -0.152. The van der Waals surface area contributed by atoms with Gasteiger partial charge in [-0.25, -0.2) is 4.79 Å². The van der Waals surface area contributed by atoms with E-state index in [0.29, 0.717) is 13.1 Å². The number of hydrogen-bond donors (Lipinski definition) is 1. The van der Waals surface area contributed by atoms with E-state index in [-0.39, 0.29) is 16.5 Å². The Labute approximate surface area is 152 Å². The first-order valence-electron chi connectivity index (χ1n) is 7.62. The van der Waals surface area contributed by atoms with Gasteiger partial charge in [0.1, 0.15) is 6.04 Å². The molecule has 0 saturated carbocycles. The van der Waals surface area contributed by atoms with Crippen molar-refractivity contribution in [3.8, 4) is 0 Å². The molecular formula is C18H21ClN2O4. The SMILES string of the molecule is C=CCN(CC=C)C(=O)COC(=O)[C@@H](C)NC(=O)c1ccccc1Cl. The molecule has 1 aromatic carbocycles. The summed E-state index contributed by atoms with van der Waals surface area (Å²) in [7, 11) is 0. The van der Waals surface area contributed by atoms with Crippen LogP contribution in [-0.2, 0) is 14.3 Å². The second-order valence-electron chi connectivity index (χ2n) is 5.16. The predicted molar refractivity (Wildman–Crippen MR) is 96.3 cm³/mol. The number of esters is 1. The number of rotatable bonds is 9. The van der Waals surface area contributed by atoms with E-state index in [2.05, 4.69) is 18.5 Å². The first kappa shape index (κ1) is 20.4. The first-order chi connectivity index (χ1) is 11.9. The van der Waals surface area contributed by atoms with Crippen LogP contribution in [0.2, 0.25) is 5.02 Å². The molecule has 0 fully saturated rings. The number of carbonyl (C=O) groups is 3. The third kappa shape index (κ3) is 6.43. The van der Waals surface area contributed by atoms with E-state index >= 15 is 0 Å². The fourth-order valence-corrected chi connectivity index (χ4v) is 2.14. The maximum atomic E-state index is 12.1. The van der Waals surface area contributed by atoms with Gasteiger partial charge >= 0.3 is 5.97 Å². The summed E-state index contributed by atoms with van der Waals surface area (Å²) in [6, 6.07) is 5.55. The van der Waals surface area contributed by atoms with Crippen molar-refractivity contribution < 1.29 is 19.1 Å². The van der Waals surface area contributed by atoms with Crippen molar-refractivity contribution in [2.75, 3.05) is 19.7 Å². The number of halogens is 1. The largest absolute Gasteiger partial charge is 0.454 e. The van der Waals surface area contributed by atoms with E-state index in [1.807, 2.05) is 0 Å². The average Bonchev–Trinajstić information content (AvgIpc) is 2.59. The van der Waals surface area contributed by atoms with Crippen LogP contribution in [0.25, 0.3) is 0 Å². The quantitative estimate of drug-likeness (QED) is 0.538. The molecule has 0 aliphatic carbocycles. The Bertz CT molecular complexity index is 650. The van der Waals surface area contributed by atoms with E-state index in [0.717, 1.165) is 0 Å². The van der Waals surface area contributed by atoms with Gasteiger partial charge in [0.25, 0.3) is 11.8 Å². The Morgan fingerprint density at radius 1 is 1.24 bits per heavy atom. The van der Waals surface area contributed by atoms with Gasteiger partial charge in [-0.2, -0.15) is 0 Å². The lowest BCUT2D eigenvalue weighted by atomic mass is 10.2. The molecule has 1 N–H and O–H groups in total. The second-order valence-corrected chi connectivity index (χ2v) is 5.57. The molecule has 2 amide bonds.